The van der Waals surface area contributed by atoms with E-state index in [2.05, 4.69) is 21.2 Å². The number of rotatable bonds is 4. The fourth-order valence-corrected chi connectivity index (χ4v) is 3.19. The van der Waals surface area contributed by atoms with Gasteiger partial charge in [0.05, 0.1) is 0 Å². The first-order valence-electron chi connectivity index (χ1n) is 7.06. The number of thiazole rings is 1. The number of carboxylic acid groups (broad SMARTS) is 1. The van der Waals surface area contributed by atoms with Gasteiger partial charge in [0.2, 0.25) is 0 Å². The van der Waals surface area contributed by atoms with Crippen molar-refractivity contribution in [3.8, 4) is 28.7 Å². The van der Waals surface area contributed by atoms with E-state index in [-0.39, 0.29) is 17.1 Å². The molecule has 3 aromatic rings. The summed E-state index contributed by atoms with van der Waals surface area (Å²) in [6, 6.07) is 9.29. The summed E-state index contributed by atoms with van der Waals surface area (Å²) in [7, 11) is 0. The average Bonchev–Trinajstić information content (AvgIpc) is 3.07. The molecule has 0 radical (unpaired) electrons. The number of aromatic hydroxyl groups is 1. The maximum atomic E-state index is 12.1. The van der Waals surface area contributed by atoms with Crippen molar-refractivity contribution in [1.29, 1.82) is 0 Å². The van der Waals surface area contributed by atoms with Gasteiger partial charge in [0, 0.05) is 5.56 Å². The normalized spacial score (nSPS) is 10.4. The van der Waals surface area contributed by atoms with Crippen LogP contribution in [-0.2, 0) is 4.79 Å². The SMILES string of the molecule is C#Cc1nc(C(=O)NCC(=O)O)c(O)c2sc(-c3ccccc3)nc12. The third-order valence-corrected chi connectivity index (χ3v) is 4.40. The zero-order chi connectivity index (χ0) is 18.0. The summed E-state index contributed by atoms with van der Waals surface area (Å²) in [6.45, 7) is -0.596. The Morgan fingerprint density at radius 2 is 1.96 bits per heavy atom. The zero-order valence-electron chi connectivity index (χ0n) is 12.7. The highest BCUT2D eigenvalue weighted by molar-refractivity contribution is 7.22. The van der Waals surface area contributed by atoms with Gasteiger partial charge < -0.3 is 15.5 Å². The van der Waals surface area contributed by atoms with E-state index in [4.69, 9.17) is 11.5 Å². The molecule has 2 heterocycles. The molecule has 0 bridgehead atoms. The zero-order valence-corrected chi connectivity index (χ0v) is 13.5. The summed E-state index contributed by atoms with van der Waals surface area (Å²) < 4.78 is 0.322. The van der Waals surface area contributed by atoms with E-state index in [0.29, 0.717) is 15.2 Å². The number of hydrogen-bond donors (Lipinski definition) is 3. The van der Waals surface area contributed by atoms with Crippen molar-refractivity contribution in [2.75, 3.05) is 6.54 Å². The maximum absolute atomic E-state index is 12.1. The minimum atomic E-state index is -1.21. The number of hydrogen-bond acceptors (Lipinski definition) is 6. The second-order valence-electron chi connectivity index (χ2n) is 4.94. The number of nitrogens with one attached hydrogen (secondary N) is 1. The topological polar surface area (TPSA) is 112 Å². The number of fused-ring (bicyclic) bond motifs is 1. The van der Waals surface area contributed by atoms with Crippen LogP contribution >= 0.6 is 11.3 Å². The van der Waals surface area contributed by atoms with Crippen LogP contribution in [0.1, 0.15) is 16.2 Å². The van der Waals surface area contributed by atoms with Gasteiger partial charge in [0.15, 0.2) is 11.4 Å². The molecule has 0 saturated carbocycles. The molecule has 0 aliphatic heterocycles. The first-order valence-corrected chi connectivity index (χ1v) is 7.88. The first-order chi connectivity index (χ1) is 12.0. The monoisotopic (exact) mass is 353 g/mol. The van der Waals surface area contributed by atoms with Gasteiger partial charge >= 0.3 is 5.97 Å². The lowest BCUT2D eigenvalue weighted by atomic mass is 10.2. The lowest BCUT2D eigenvalue weighted by Crippen LogP contribution is -2.30. The Morgan fingerprint density at radius 1 is 1.24 bits per heavy atom. The molecule has 3 N–H and O–H groups in total. The van der Waals surface area contributed by atoms with Crippen LogP contribution in [0.5, 0.6) is 5.75 Å². The third kappa shape index (κ3) is 3.13. The summed E-state index contributed by atoms with van der Waals surface area (Å²) in [5.41, 5.74) is 0.929. The minimum Gasteiger partial charge on any atom is -0.504 e. The second kappa shape index (κ2) is 6.59. The highest BCUT2D eigenvalue weighted by Gasteiger charge is 2.22. The first kappa shape index (κ1) is 16.4. The predicted molar refractivity (Wildman–Crippen MR) is 92.4 cm³/mol. The van der Waals surface area contributed by atoms with E-state index in [1.54, 1.807) is 0 Å². The minimum absolute atomic E-state index is 0.103. The molecule has 3 rings (SSSR count). The lowest BCUT2D eigenvalue weighted by molar-refractivity contribution is -0.135. The Kier molecular flexibility index (Phi) is 4.33. The Morgan fingerprint density at radius 3 is 2.60 bits per heavy atom. The number of carbonyl (C=O) groups excluding carboxylic acids is 1. The van der Waals surface area contributed by atoms with Crippen molar-refractivity contribution in [3.63, 3.8) is 0 Å². The van der Waals surface area contributed by atoms with Gasteiger partial charge in [-0.1, -0.05) is 30.3 Å². The summed E-state index contributed by atoms with van der Waals surface area (Å²) >= 11 is 1.17. The molecule has 7 nitrogen and oxygen atoms in total. The molecule has 0 spiro atoms. The molecule has 124 valence electrons. The lowest BCUT2D eigenvalue weighted by Gasteiger charge is -2.05. The largest absolute Gasteiger partial charge is 0.504 e. The molecule has 0 saturated heterocycles. The van der Waals surface area contributed by atoms with Crippen molar-refractivity contribution in [2.45, 2.75) is 0 Å². The molecule has 0 aliphatic rings. The van der Waals surface area contributed by atoms with E-state index >= 15 is 0 Å². The number of benzene rings is 1. The van der Waals surface area contributed by atoms with Crippen molar-refractivity contribution in [1.82, 2.24) is 15.3 Å². The highest BCUT2D eigenvalue weighted by atomic mass is 32.1. The molecular formula is C17H11N3O4S. The Labute approximate surface area is 146 Å². The number of terminal acetylenes is 1. The van der Waals surface area contributed by atoms with Crippen LogP contribution in [0, 0.1) is 12.3 Å². The van der Waals surface area contributed by atoms with Gasteiger partial charge in [-0.05, 0) is 5.92 Å². The van der Waals surface area contributed by atoms with Gasteiger partial charge in [-0.15, -0.1) is 17.8 Å². The second-order valence-corrected chi connectivity index (χ2v) is 5.94. The van der Waals surface area contributed by atoms with E-state index in [0.717, 1.165) is 5.56 Å². The van der Waals surface area contributed by atoms with Gasteiger partial charge in [-0.2, -0.15) is 0 Å². The molecule has 1 aromatic carbocycles. The van der Waals surface area contributed by atoms with Crippen LogP contribution in [0.4, 0.5) is 0 Å². The number of amides is 1. The van der Waals surface area contributed by atoms with Crippen molar-refractivity contribution in [2.24, 2.45) is 0 Å². The molecule has 0 unspecified atom stereocenters. The van der Waals surface area contributed by atoms with Gasteiger partial charge in [0.25, 0.3) is 5.91 Å². The summed E-state index contributed by atoms with van der Waals surface area (Å²) in [4.78, 5) is 31.0. The maximum Gasteiger partial charge on any atom is 0.322 e. The fraction of sp³-hybridized carbons (Fsp3) is 0.0588. The Bertz CT molecular complexity index is 1020. The van der Waals surface area contributed by atoms with Crippen LogP contribution in [0.25, 0.3) is 20.8 Å². The average molecular weight is 353 g/mol. The Balaban J connectivity index is 2.13. The fourth-order valence-electron chi connectivity index (χ4n) is 2.17. The summed E-state index contributed by atoms with van der Waals surface area (Å²) in [5, 5.41) is 21.8. The number of nitrogens with zero attached hydrogens (tertiary/aromatic N) is 2. The quantitative estimate of drug-likeness (QED) is 0.617. The van der Waals surface area contributed by atoms with Gasteiger partial charge in [-0.25, -0.2) is 9.97 Å². The standard InChI is InChI=1S/C17H11N3O4S/c1-2-10-12-15(25-17(20-12)9-6-4-3-5-7-9)14(23)13(19-10)16(24)18-8-11(21)22/h1,3-7,23H,8H2,(H,18,24)(H,21,22). The predicted octanol–water partition coefficient (Wildman–Crippen LogP) is 1.86. The van der Waals surface area contributed by atoms with Crippen molar-refractivity contribution in [3.05, 3.63) is 41.7 Å². The van der Waals surface area contributed by atoms with Crippen LogP contribution in [0.15, 0.2) is 30.3 Å². The number of aromatic nitrogens is 2. The molecule has 2 aromatic heterocycles. The molecular weight excluding hydrogens is 342 g/mol. The molecule has 0 atom stereocenters. The highest BCUT2D eigenvalue weighted by Crippen LogP contribution is 2.37. The summed E-state index contributed by atoms with van der Waals surface area (Å²) in [5.74, 6) is -0.0691. The molecule has 0 fully saturated rings. The number of carbonyl (C=O) groups is 2. The summed E-state index contributed by atoms with van der Waals surface area (Å²) in [6.07, 6.45) is 5.45. The van der Waals surface area contributed by atoms with E-state index in [1.807, 2.05) is 30.3 Å². The van der Waals surface area contributed by atoms with E-state index in [9.17, 15) is 14.7 Å². The molecule has 0 aliphatic carbocycles. The van der Waals surface area contributed by atoms with Crippen molar-refractivity contribution >= 4 is 33.4 Å². The third-order valence-electron chi connectivity index (χ3n) is 3.29. The van der Waals surface area contributed by atoms with Crippen LogP contribution in [0.3, 0.4) is 0 Å². The van der Waals surface area contributed by atoms with E-state index < -0.39 is 18.4 Å². The number of pyridine rings is 1. The molecule has 8 heteroatoms. The van der Waals surface area contributed by atoms with Crippen LogP contribution in [0.2, 0.25) is 0 Å². The van der Waals surface area contributed by atoms with Gasteiger partial charge in [-0.3, -0.25) is 9.59 Å². The smallest absolute Gasteiger partial charge is 0.322 e. The Hall–Kier alpha value is -3.44. The van der Waals surface area contributed by atoms with Crippen LogP contribution in [-0.4, -0.2) is 38.6 Å². The van der Waals surface area contributed by atoms with Crippen molar-refractivity contribution < 1.29 is 19.8 Å². The number of aliphatic carboxylic acids is 1. The van der Waals surface area contributed by atoms with Crippen LogP contribution < -0.4 is 5.32 Å². The van der Waals surface area contributed by atoms with E-state index in [1.165, 1.54) is 11.3 Å². The molecule has 1 amide bonds. The molecule has 25 heavy (non-hydrogen) atoms. The number of carboxylic acids is 1. The van der Waals surface area contributed by atoms with Gasteiger partial charge in [0.1, 0.15) is 27.5 Å².